The third kappa shape index (κ3) is 28.0. The molecule has 0 saturated heterocycles. The molecule has 1 N–H and O–H groups in total. The van der Waals surface area contributed by atoms with Gasteiger partial charge in [-0.1, -0.05) is 181 Å². The Morgan fingerprint density at radius 2 is 0.750 bits per heavy atom. The van der Waals surface area contributed by atoms with Crippen molar-refractivity contribution in [1.82, 2.24) is 0 Å². The van der Waals surface area contributed by atoms with Gasteiger partial charge >= 0.3 is 5.97 Å². The molecule has 0 amide bonds. The van der Waals surface area contributed by atoms with Crippen molar-refractivity contribution in [3.05, 3.63) is 0 Å². The van der Waals surface area contributed by atoms with Crippen molar-refractivity contribution < 1.29 is 14.6 Å². The summed E-state index contributed by atoms with van der Waals surface area (Å²) in [5, 5.41) is 10.0. The summed E-state index contributed by atoms with van der Waals surface area (Å²) in [6.45, 7) is 5.01. The van der Waals surface area contributed by atoms with Crippen LogP contribution in [0.2, 0.25) is 0 Å². The van der Waals surface area contributed by atoms with E-state index in [-0.39, 0.29) is 0 Å². The zero-order chi connectivity index (χ0) is 26.4. The van der Waals surface area contributed by atoms with Crippen LogP contribution >= 0.6 is 0 Å². The van der Waals surface area contributed by atoms with Gasteiger partial charge in [-0.2, -0.15) is 0 Å². The lowest BCUT2D eigenvalue weighted by molar-refractivity contribution is -0.154. The summed E-state index contributed by atoms with van der Waals surface area (Å²) in [6, 6.07) is 0. The van der Waals surface area contributed by atoms with Crippen LogP contribution in [0, 0.1) is 0 Å². The number of aliphatic hydroxyl groups excluding tert-OH is 1. The molecular weight excluding hydrogens is 444 g/mol. The Balaban J connectivity index is 3.28. The Kier molecular flexibility index (Phi) is 30.2. The molecule has 0 spiro atoms. The molecule has 0 aliphatic heterocycles. The minimum atomic E-state index is -0.927. The molecule has 1 unspecified atom stereocenters. The Morgan fingerprint density at radius 1 is 0.472 bits per heavy atom. The van der Waals surface area contributed by atoms with Crippen LogP contribution in [0.1, 0.15) is 194 Å². The molecule has 3 nitrogen and oxygen atoms in total. The molecule has 0 rings (SSSR count). The fraction of sp³-hybridized carbons (Fsp3) is 0.970. The summed E-state index contributed by atoms with van der Waals surface area (Å²) in [5.74, 6) is -0.413. The molecule has 36 heavy (non-hydrogen) atoms. The number of carbonyl (C=O) groups excluding carboxylic acids is 1. The van der Waals surface area contributed by atoms with Gasteiger partial charge in [0, 0.05) is 0 Å². The molecule has 0 bridgehead atoms. The van der Waals surface area contributed by atoms with E-state index in [1.54, 1.807) is 0 Å². The van der Waals surface area contributed by atoms with Gasteiger partial charge < -0.3 is 9.84 Å². The van der Waals surface area contributed by atoms with Crippen molar-refractivity contribution in [2.24, 2.45) is 0 Å². The molecule has 0 aromatic heterocycles. The first-order chi connectivity index (χ1) is 17.7. The van der Waals surface area contributed by atoms with E-state index in [1.807, 2.05) is 0 Å². The number of hydrogen-bond acceptors (Lipinski definition) is 3. The molecular formula is C33H66O3. The number of aliphatic hydroxyl groups is 1. The van der Waals surface area contributed by atoms with Crippen LogP contribution in [0.4, 0.5) is 0 Å². The fourth-order valence-corrected chi connectivity index (χ4v) is 5.04. The lowest BCUT2D eigenvalue weighted by atomic mass is 10.0. The fourth-order valence-electron chi connectivity index (χ4n) is 5.04. The molecule has 3 heteroatoms. The topological polar surface area (TPSA) is 46.5 Å². The Hall–Kier alpha value is -0.570. The smallest absolute Gasteiger partial charge is 0.334 e. The number of esters is 1. The molecule has 0 aliphatic carbocycles. The molecule has 0 aromatic rings. The lowest BCUT2D eigenvalue weighted by Gasteiger charge is -2.10. The van der Waals surface area contributed by atoms with Gasteiger partial charge in [0.05, 0.1) is 6.61 Å². The van der Waals surface area contributed by atoms with Gasteiger partial charge in [0.15, 0.2) is 6.10 Å². The van der Waals surface area contributed by atoms with E-state index in [9.17, 15) is 9.90 Å². The third-order valence-electron chi connectivity index (χ3n) is 7.60. The van der Waals surface area contributed by atoms with Crippen molar-refractivity contribution in [3.8, 4) is 0 Å². The summed E-state index contributed by atoms with van der Waals surface area (Å²) in [6.07, 6.45) is 35.1. The highest BCUT2D eigenvalue weighted by Gasteiger charge is 2.15. The van der Waals surface area contributed by atoms with Crippen molar-refractivity contribution in [2.45, 2.75) is 200 Å². The SMILES string of the molecule is CCCCCCCCCCCCCCCCC(O)C(=O)OCCCCCCCCCCCCCCC. The predicted molar refractivity (Wildman–Crippen MR) is 158 cm³/mol. The van der Waals surface area contributed by atoms with Crippen molar-refractivity contribution in [3.63, 3.8) is 0 Å². The summed E-state index contributed by atoms with van der Waals surface area (Å²) < 4.78 is 5.28. The van der Waals surface area contributed by atoms with Crippen LogP contribution < -0.4 is 0 Å². The van der Waals surface area contributed by atoms with Crippen LogP contribution in [-0.2, 0) is 9.53 Å². The minimum Gasteiger partial charge on any atom is -0.464 e. The van der Waals surface area contributed by atoms with Gasteiger partial charge in [-0.15, -0.1) is 0 Å². The largest absolute Gasteiger partial charge is 0.464 e. The van der Waals surface area contributed by atoms with Gasteiger partial charge in [-0.3, -0.25) is 0 Å². The first kappa shape index (κ1) is 35.4. The van der Waals surface area contributed by atoms with Gasteiger partial charge in [0.25, 0.3) is 0 Å². The Labute approximate surface area is 226 Å². The van der Waals surface area contributed by atoms with Gasteiger partial charge in [0.2, 0.25) is 0 Å². The van der Waals surface area contributed by atoms with Crippen LogP contribution in [-0.4, -0.2) is 23.8 Å². The summed E-state index contributed by atoms with van der Waals surface area (Å²) in [4.78, 5) is 12.0. The van der Waals surface area contributed by atoms with E-state index in [1.165, 1.54) is 148 Å². The van der Waals surface area contributed by atoms with Crippen molar-refractivity contribution in [1.29, 1.82) is 0 Å². The number of carbonyl (C=O) groups is 1. The number of ether oxygens (including phenoxy) is 1. The maximum absolute atomic E-state index is 12.0. The molecule has 0 aliphatic rings. The third-order valence-corrected chi connectivity index (χ3v) is 7.60. The minimum absolute atomic E-state index is 0.413. The van der Waals surface area contributed by atoms with Gasteiger partial charge in [0.1, 0.15) is 0 Å². The number of hydrogen-bond donors (Lipinski definition) is 1. The molecule has 216 valence electrons. The summed E-state index contributed by atoms with van der Waals surface area (Å²) in [7, 11) is 0. The molecule has 0 aromatic carbocycles. The molecule has 0 radical (unpaired) electrons. The van der Waals surface area contributed by atoms with E-state index in [0.29, 0.717) is 13.0 Å². The van der Waals surface area contributed by atoms with Crippen LogP contribution in [0.3, 0.4) is 0 Å². The first-order valence-corrected chi connectivity index (χ1v) is 16.6. The zero-order valence-corrected chi connectivity index (χ0v) is 24.8. The van der Waals surface area contributed by atoms with E-state index < -0.39 is 12.1 Å². The first-order valence-electron chi connectivity index (χ1n) is 16.6. The van der Waals surface area contributed by atoms with Crippen molar-refractivity contribution in [2.75, 3.05) is 6.61 Å². The molecule has 1 atom stereocenters. The highest BCUT2D eigenvalue weighted by molar-refractivity contribution is 5.74. The average Bonchev–Trinajstić information content (AvgIpc) is 2.88. The van der Waals surface area contributed by atoms with E-state index in [2.05, 4.69) is 13.8 Å². The van der Waals surface area contributed by atoms with E-state index >= 15 is 0 Å². The standard InChI is InChI=1S/C33H66O3/c1-3-5-7-9-11-13-15-17-18-20-22-24-26-28-30-32(34)33(35)36-31-29-27-25-23-21-19-16-14-12-10-8-6-4-2/h32,34H,3-31H2,1-2H3. The monoisotopic (exact) mass is 511 g/mol. The second-order valence-electron chi connectivity index (χ2n) is 11.3. The highest BCUT2D eigenvalue weighted by atomic mass is 16.5. The van der Waals surface area contributed by atoms with E-state index in [4.69, 9.17) is 4.74 Å². The van der Waals surface area contributed by atoms with E-state index in [0.717, 1.165) is 25.7 Å². The van der Waals surface area contributed by atoms with Crippen LogP contribution in [0.15, 0.2) is 0 Å². The van der Waals surface area contributed by atoms with Gasteiger partial charge in [-0.05, 0) is 12.8 Å². The predicted octanol–water partition coefficient (Wildman–Crippen LogP) is 10.9. The quantitative estimate of drug-likeness (QED) is 0.0772. The maximum atomic E-state index is 12.0. The van der Waals surface area contributed by atoms with Crippen LogP contribution in [0.5, 0.6) is 0 Å². The second-order valence-corrected chi connectivity index (χ2v) is 11.3. The summed E-state index contributed by atoms with van der Waals surface area (Å²) >= 11 is 0. The number of unbranched alkanes of at least 4 members (excludes halogenated alkanes) is 25. The van der Waals surface area contributed by atoms with Crippen LogP contribution in [0.25, 0.3) is 0 Å². The average molecular weight is 511 g/mol. The Morgan fingerprint density at radius 3 is 1.08 bits per heavy atom. The normalized spacial score (nSPS) is 12.2. The maximum Gasteiger partial charge on any atom is 0.334 e. The number of rotatable bonds is 30. The summed E-state index contributed by atoms with van der Waals surface area (Å²) in [5.41, 5.74) is 0. The van der Waals surface area contributed by atoms with Crippen molar-refractivity contribution >= 4 is 5.97 Å². The molecule has 0 fully saturated rings. The Bertz CT molecular complexity index is 423. The highest BCUT2D eigenvalue weighted by Crippen LogP contribution is 2.15. The van der Waals surface area contributed by atoms with Gasteiger partial charge in [-0.25, -0.2) is 4.79 Å². The molecule has 0 saturated carbocycles. The second kappa shape index (κ2) is 30.7. The molecule has 0 heterocycles. The lowest BCUT2D eigenvalue weighted by Crippen LogP contribution is -2.23. The zero-order valence-electron chi connectivity index (χ0n) is 24.8.